The number of aliphatic imine (C=N–C) groups is 1. The van der Waals surface area contributed by atoms with Crippen LogP contribution in [0, 0.1) is 0 Å². The maximum Gasteiger partial charge on any atom is 0.193 e. The lowest BCUT2D eigenvalue weighted by atomic mass is 10.0. The first-order valence-electron chi connectivity index (χ1n) is 6.89. The lowest BCUT2D eigenvalue weighted by Crippen LogP contribution is -2.24. The molecule has 20 heavy (non-hydrogen) atoms. The van der Waals surface area contributed by atoms with Crippen LogP contribution in [0.4, 0.5) is 5.69 Å². The third-order valence-electron chi connectivity index (χ3n) is 3.04. The zero-order valence-corrected chi connectivity index (χ0v) is 14.9. The number of halogens is 1. The molecule has 0 saturated carbocycles. The highest BCUT2D eigenvalue weighted by Crippen LogP contribution is 2.22. The van der Waals surface area contributed by atoms with Crippen LogP contribution in [0.15, 0.2) is 23.2 Å². The molecule has 0 aliphatic rings. The Morgan fingerprint density at radius 1 is 1.25 bits per heavy atom. The van der Waals surface area contributed by atoms with Gasteiger partial charge < -0.3 is 15.8 Å². The Balaban J connectivity index is 0.00000361. The Labute approximate surface area is 139 Å². The molecule has 1 aromatic rings. The maximum absolute atomic E-state index is 5.93. The standard InChI is InChI=1S/C15H25N3O.HI/c1-4-12-8-6-9-13(5-2)14(12)18-15(16)17-10-7-11-19-3;/h6,8-9H,4-5,7,10-11H2,1-3H3,(H3,16,17,18);1H. The molecule has 0 atom stereocenters. The first-order chi connectivity index (χ1) is 9.22. The molecule has 4 nitrogen and oxygen atoms in total. The van der Waals surface area contributed by atoms with Crippen LogP contribution in [0.2, 0.25) is 0 Å². The molecule has 0 spiro atoms. The number of anilines is 1. The number of rotatable bonds is 7. The fourth-order valence-electron chi connectivity index (χ4n) is 1.98. The van der Waals surface area contributed by atoms with Crippen molar-refractivity contribution in [2.24, 2.45) is 10.7 Å². The predicted molar refractivity (Wildman–Crippen MR) is 97.2 cm³/mol. The van der Waals surface area contributed by atoms with E-state index in [0.717, 1.165) is 24.9 Å². The van der Waals surface area contributed by atoms with Crippen LogP contribution in [0.5, 0.6) is 0 Å². The highest BCUT2D eigenvalue weighted by molar-refractivity contribution is 14.0. The molecule has 1 aromatic carbocycles. The highest BCUT2D eigenvalue weighted by Gasteiger charge is 2.06. The summed E-state index contributed by atoms with van der Waals surface area (Å²) in [5.41, 5.74) is 9.59. The van der Waals surface area contributed by atoms with Gasteiger partial charge in [-0.15, -0.1) is 24.0 Å². The number of guanidine groups is 1. The van der Waals surface area contributed by atoms with Gasteiger partial charge >= 0.3 is 0 Å². The van der Waals surface area contributed by atoms with Gasteiger partial charge in [0.15, 0.2) is 5.96 Å². The van der Waals surface area contributed by atoms with E-state index < -0.39 is 0 Å². The van der Waals surface area contributed by atoms with Gasteiger partial charge in [-0.25, -0.2) is 0 Å². The SMILES string of the molecule is CCc1cccc(CC)c1NC(N)=NCCCOC.I. The van der Waals surface area contributed by atoms with E-state index in [0.29, 0.717) is 19.1 Å². The number of benzene rings is 1. The second-order valence-corrected chi connectivity index (χ2v) is 4.40. The van der Waals surface area contributed by atoms with Gasteiger partial charge in [-0.1, -0.05) is 32.0 Å². The van der Waals surface area contributed by atoms with Gasteiger partial charge in [0.1, 0.15) is 0 Å². The van der Waals surface area contributed by atoms with Gasteiger partial charge in [0.25, 0.3) is 0 Å². The fraction of sp³-hybridized carbons (Fsp3) is 0.533. The third kappa shape index (κ3) is 6.09. The fourth-order valence-corrected chi connectivity index (χ4v) is 1.98. The average molecular weight is 391 g/mol. The molecule has 0 fully saturated rings. The molecule has 0 aromatic heterocycles. The number of nitrogens with two attached hydrogens (primary N) is 1. The Kier molecular flexibility index (Phi) is 10.5. The lowest BCUT2D eigenvalue weighted by Gasteiger charge is -2.14. The maximum atomic E-state index is 5.93. The topological polar surface area (TPSA) is 59.6 Å². The summed E-state index contributed by atoms with van der Waals surface area (Å²) in [6.07, 6.45) is 2.84. The van der Waals surface area contributed by atoms with E-state index in [2.05, 4.69) is 42.4 Å². The van der Waals surface area contributed by atoms with E-state index >= 15 is 0 Å². The van der Waals surface area contributed by atoms with Crippen LogP contribution < -0.4 is 11.1 Å². The van der Waals surface area contributed by atoms with Crippen molar-refractivity contribution in [2.75, 3.05) is 25.6 Å². The summed E-state index contributed by atoms with van der Waals surface area (Å²) in [6.45, 7) is 5.68. The van der Waals surface area contributed by atoms with Gasteiger partial charge in [-0.2, -0.15) is 0 Å². The van der Waals surface area contributed by atoms with E-state index in [1.165, 1.54) is 11.1 Å². The number of para-hydroxylation sites is 1. The molecule has 1 rings (SSSR count). The van der Waals surface area contributed by atoms with Crippen LogP contribution in [-0.4, -0.2) is 26.2 Å². The Morgan fingerprint density at radius 2 is 1.85 bits per heavy atom. The summed E-state index contributed by atoms with van der Waals surface area (Å²) in [7, 11) is 1.69. The van der Waals surface area contributed by atoms with Crippen LogP contribution in [-0.2, 0) is 17.6 Å². The van der Waals surface area contributed by atoms with Gasteiger partial charge in [0.2, 0.25) is 0 Å². The van der Waals surface area contributed by atoms with E-state index in [-0.39, 0.29) is 24.0 Å². The molecule has 0 saturated heterocycles. The molecular formula is C15H26IN3O. The zero-order valence-electron chi connectivity index (χ0n) is 12.6. The molecule has 0 heterocycles. The number of aryl methyl sites for hydroxylation is 2. The molecule has 0 aliphatic carbocycles. The molecule has 114 valence electrons. The van der Waals surface area contributed by atoms with Crippen molar-refractivity contribution in [2.45, 2.75) is 33.1 Å². The summed E-state index contributed by atoms with van der Waals surface area (Å²) < 4.78 is 4.98. The smallest absolute Gasteiger partial charge is 0.193 e. The largest absolute Gasteiger partial charge is 0.385 e. The van der Waals surface area contributed by atoms with Crippen molar-refractivity contribution in [3.63, 3.8) is 0 Å². The number of nitrogens with zero attached hydrogens (tertiary/aromatic N) is 1. The van der Waals surface area contributed by atoms with E-state index in [1.807, 2.05) is 0 Å². The van der Waals surface area contributed by atoms with Crippen molar-refractivity contribution < 1.29 is 4.74 Å². The second-order valence-electron chi connectivity index (χ2n) is 4.40. The molecule has 0 aliphatic heterocycles. The van der Waals surface area contributed by atoms with Gasteiger partial charge in [-0.05, 0) is 30.4 Å². The monoisotopic (exact) mass is 391 g/mol. The van der Waals surface area contributed by atoms with E-state index in [4.69, 9.17) is 10.5 Å². The molecular weight excluding hydrogens is 365 g/mol. The number of ether oxygens (including phenoxy) is 1. The second kappa shape index (κ2) is 10.9. The number of hydrogen-bond donors (Lipinski definition) is 2. The Bertz CT molecular complexity index is 399. The van der Waals surface area contributed by atoms with Crippen molar-refractivity contribution in [3.8, 4) is 0 Å². The Morgan fingerprint density at radius 3 is 2.35 bits per heavy atom. The summed E-state index contributed by atoms with van der Waals surface area (Å²) >= 11 is 0. The lowest BCUT2D eigenvalue weighted by molar-refractivity contribution is 0.197. The van der Waals surface area contributed by atoms with Crippen molar-refractivity contribution in [3.05, 3.63) is 29.3 Å². The highest BCUT2D eigenvalue weighted by atomic mass is 127. The number of nitrogens with one attached hydrogen (secondary N) is 1. The van der Waals surface area contributed by atoms with Crippen molar-refractivity contribution in [1.82, 2.24) is 0 Å². The molecule has 0 radical (unpaired) electrons. The minimum absolute atomic E-state index is 0. The zero-order chi connectivity index (χ0) is 14.1. The summed E-state index contributed by atoms with van der Waals surface area (Å²) in [6, 6.07) is 6.34. The number of hydrogen-bond acceptors (Lipinski definition) is 2. The normalized spacial score (nSPS) is 11.1. The minimum atomic E-state index is 0. The third-order valence-corrected chi connectivity index (χ3v) is 3.04. The molecule has 0 amide bonds. The summed E-state index contributed by atoms with van der Waals surface area (Å²) in [4.78, 5) is 4.31. The molecule has 0 bridgehead atoms. The van der Waals surface area contributed by atoms with Crippen molar-refractivity contribution in [1.29, 1.82) is 0 Å². The van der Waals surface area contributed by atoms with Gasteiger partial charge in [0, 0.05) is 25.9 Å². The average Bonchev–Trinajstić information content (AvgIpc) is 2.43. The first-order valence-corrected chi connectivity index (χ1v) is 6.89. The van der Waals surface area contributed by atoms with Crippen LogP contribution in [0.3, 0.4) is 0 Å². The summed E-state index contributed by atoms with van der Waals surface area (Å²) in [5.74, 6) is 0.478. The van der Waals surface area contributed by atoms with Crippen LogP contribution >= 0.6 is 24.0 Å². The van der Waals surface area contributed by atoms with Crippen LogP contribution in [0.1, 0.15) is 31.4 Å². The summed E-state index contributed by atoms with van der Waals surface area (Å²) in [5, 5.41) is 3.24. The number of methoxy groups -OCH3 is 1. The Hall–Kier alpha value is -0.820. The van der Waals surface area contributed by atoms with E-state index in [1.54, 1.807) is 7.11 Å². The minimum Gasteiger partial charge on any atom is -0.385 e. The van der Waals surface area contributed by atoms with Gasteiger partial charge in [0.05, 0.1) is 0 Å². The van der Waals surface area contributed by atoms with Crippen molar-refractivity contribution >= 4 is 35.6 Å². The predicted octanol–water partition coefficient (Wildman–Crippen LogP) is 3.19. The molecule has 5 heteroatoms. The van der Waals surface area contributed by atoms with E-state index in [9.17, 15) is 0 Å². The molecule has 3 N–H and O–H groups in total. The quantitative estimate of drug-likeness (QED) is 0.325. The van der Waals surface area contributed by atoms with Crippen LogP contribution in [0.25, 0.3) is 0 Å². The van der Waals surface area contributed by atoms with Gasteiger partial charge in [-0.3, -0.25) is 4.99 Å². The first kappa shape index (κ1) is 19.2. The molecule has 0 unspecified atom stereocenters.